The summed E-state index contributed by atoms with van der Waals surface area (Å²) in [4.78, 5) is 0. The Morgan fingerprint density at radius 2 is 1.94 bits per heavy atom. The molecule has 2 nitrogen and oxygen atoms in total. The molecule has 1 aromatic rings. The second-order valence-corrected chi connectivity index (χ2v) is 5.55. The van der Waals surface area contributed by atoms with Crippen molar-refractivity contribution in [2.24, 2.45) is 11.7 Å². The first-order valence-corrected chi connectivity index (χ1v) is 6.95. The summed E-state index contributed by atoms with van der Waals surface area (Å²) in [5, 5.41) is 0. The van der Waals surface area contributed by atoms with Crippen LogP contribution in [0.15, 0.2) is 12.1 Å². The maximum atomic E-state index is 6.09. The SMILES string of the molecule is CCCC(N)CCn1c(C)ccc1CC(C)C. The number of rotatable bonds is 7. The lowest BCUT2D eigenvalue weighted by Crippen LogP contribution is -2.22. The Bertz CT molecular complexity index is 326. The summed E-state index contributed by atoms with van der Waals surface area (Å²) in [5.41, 5.74) is 8.91. The molecule has 0 aliphatic rings. The molecular weight excluding hydrogens is 208 g/mol. The van der Waals surface area contributed by atoms with Gasteiger partial charge in [0, 0.05) is 24.0 Å². The van der Waals surface area contributed by atoms with Crippen LogP contribution in [0.1, 0.15) is 51.4 Å². The number of nitrogens with zero attached hydrogens (tertiary/aromatic N) is 1. The van der Waals surface area contributed by atoms with Crippen LogP contribution in [0, 0.1) is 12.8 Å². The number of nitrogens with two attached hydrogens (primary N) is 1. The topological polar surface area (TPSA) is 30.9 Å². The quantitative estimate of drug-likeness (QED) is 0.771. The van der Waals surface area contributed by atoms with Gasteiger partial charge in [0.1, 0.15) is 0 Å². The molecule has 1 rings (SSSR count). The van der Waals surface area contributed by atoms with Gasteiger partial charge in [0.15, 0.2) is 0 Å². The Kier molecular flexibility index (Phi) is 5.76. The van der Waals surface area contributed by atoms with E-state index in [1.165, 1.54) is 17.8 Å². The van der Waals surface area contributed by atoms with Gasteiger partial charge in [-0.05, 0) is 44.2 Å². The summed E-state index contributed by atoms with van der Waals surface area (Å²) in [6.45, 7) is 10.0. The highest BCUT2D eigenvalue weighted by molar-refractivity contribution is 5.15. The third-order valence-corrected chi connectivity index (χ3v) is 3.29. The van der Waals surface area contributed by atoms with E-state index in [9.17, 15) is 0 Å². The molecule has 1 aromatic heterocycles. The van der Waals surface area contributed by atoms with Crippen LogP contribution in [-0.4, -0.2) is 10.6 Å². The molecule has 2 heteroatoms. The molecule has 98 valence electrons. The fourth-order valence-corrected chi connectivity index (χ4v) is 2.35. The summed E-state index contributed by atoms with van der Waals surface area (Å²) in [6, 6.07) is 4.85. The minimum Gasteiger partial charge on any atom is -0.349 e. The lowest BCUT2D eigenvalue weighted by Gasteiger charge is -2.16. The Morgan fingerprint density at radius 1 is 1.24 bits per heavy atom. The van der Waals surface area contributed by atoms with Crippen LogP contribution in [0.4, 0.5) is 0 Å². The largest absolute Gasteiger partial charge is 0.349 e. The molecule has 0 fully saturated rings. The van der Waals surface area contributed by atoms with Gasteiger partial charge in [-0.15, -0.1) is 0 Å². The predicted octanol–water partition coefficient (Wildman–Crippen LogP) is 3.51. The fraction of sp³-hybridized carbons (Fsp3) is 0.733. The van der Waals surface area contributed by atoms with Crippen molar-refractivity contribution in [2.45, 2.75) is 66.0 Å². The van der Waals surface area contributed by atoms with Gasteiger partial charge in [0.25, 0.3) is 0 Å². The van der Waals surface area contributed by atoms with Gasteiger partial charge in [0.2, 0.25) is 0 Å². The highest BCUT2D eigenvalue weighted by Crippen LogP contribution is 2.14. The van der Waals surface area contributed by atoms with Crippen molar-refractivity contribution >= 4 is 0 Å². The summed E-state index contributed by atoms with van der Waals surface area (Å²) in [7, 11) is 0. The van der Waals surface area contributed by atoms with E-state index in [1.54, 1.807) is 0 Å². The molecule has 0 saturated carbocycles. The van der Waals surface area contributed by atoms with E-state index in [2.05, 4.69) is 44.4 Å². The minimum absolute atomic E-state index is 0.355. The van der Waals surface area contributed by atoms with Crippen molar-refractivity contribution in [2.75, 3.05) is 0 Å². The van der Waals surface area contributed by atoms with Gasteiger partial charge >= 0.3 is 0 Å². The molecule has 17 heavy (non-hydrogen) atoms. The third kappa shape index (κ3) is 4.55. The van der Waals surface area contributed by atoms with E-state index in [1.807, 2.05) is 0 Å². The summed E-state index contributed by atoms with van der Waals surface area (Å²) < 4.78 is 2.44. The Morgan fingerprint density at radius 3 is 2.53 bits per heavy atom. The van der Waals surface area contributed by atoms with Gasteiger partial charge < -0.3 is 10.3 Å². The van der Waals surface area contributed by atoms with Crippen molar-refractivity contribution in [3.05, 3.63) is 23.5 Å². The number of hydrogen-bond donors (Lipinski definition) is 1. The van der Waals surface area contributed by atoms with Gasteiger partial charge in [-0.1, -0.05) is 27.2 Å². The lowest BCUT2D eigenvalue weighted by molar-refractivity contribution is 0.490. The molecule has 2 N–H and O–H groups in total. The van der Waals surface area contributed by atoms with E-state index in [0.29, 0.717) is 12.0 Å². The zero-order valence-electron chi connectivity index (χ0n) is 11.9. The maximum absolute atomic E-state index is 6.09. The second kappa shape index (κ2) is 6.85. The average molecular weight is 236 g/mol. The maximum Gasteiger partial charge on any atom is 0.0239 e. The zero-order valence-corrected chi connectivity index (χ0v) is 11.9. The highest BCUT2D eigenvalue weighted by Gasteiger charge is 2.08. The molecule has 1 unspecified atom stereocenters. The number of aromatic nitrogens is 1. The summed E-state index contributed by atoms with van der Waals surface area (Å²) in [6.07, 6.45) is 4.58. The first-order valence-electron chi connectivity index (χ1n) is 6.95. The first-order chi connectivity index (χ1) is 8.04. The van der Waals surface area contributed by atoms with E-state index >= 15 is 0 Å². The van der Waals surface area contributed by atoms with Gasteiger partial charge in [-0.25, -0.2) is 0 Å². The van der Waals surface area contributed by atoms with Crippen LogP contribution in [0.2, 0.25) is 0 Å². The molecule has 0 saturated heterocycles. The second-order valence-electron chi connectivity index (χ2n) is 5.55. The molecule has 1 heterocycles. The van der Waals surface area contributed by atoms with E-state index in [0.717, 1.165) is 25.8 Å². The van der Waals surface area contributed by atoms with Crippen molar-refractivity contribution < 1.29 is 0 Å². The number of aryl methyl sites for hydroxylation is 1. The van der Waals surface area contributed by atoms with E-state index in [4.69, 9.17) is 5.73 Å². The average Bonchev–Trinajstić information content (AvgIpc) is 2.57. The van der Waals surface area contributed by atoms with Crippen LogP contribution in [0.5, 0.6) is 0 Å². The minimum atomic E-state index is 0.355. The van der Waals surface area contributed by atoms with E-state index in [-0.39, 0.29) is 0 Å². The molecule has 1 atom stereocenters. The van der Waals surface area contributed by atoms with Crippen molar-refractivity contribution in [3.63, 3.8) is 0 Å². The van der Waals surface area contributed by atoms with Gasteiger partial charge in [-0.2, -0.15) is 0 Å². The molecule has 0 aliphatic carbocycles. The van der Waals surface area contributed by atoms with E-state index < -0.39 is 0 Å². The van der Waals surface area contributed by atoms with Gasteiger partial charge in [0.05, 0.1) is 0 Å². The Hall–Kier alpha value is -0.760. The first kappa shape index (κ1) is 14.3. The monoisotopic (exact) mass is 236 g/mol. The van der Waals surface area contributed by atoms with Crippen LogP contribution in [0.3, 0.4) is 0 Å². The van der Waals surface area contributed by atoms with Crippen LogP contribution in [-0.2, 0) is 13.0 Å². The highest BCUT2D eigenvalue weighted by atomic mass is 15.0. The lowest BCUT2D eigenvalue weighted by atomic mass is 10.1. The van der Waals surface area contributed by atoms with Crippen LogP contribution >= 0.6 is 0 Å². The molecule has 0 spiro atoms. The molecule has 0 amide bonds. The van der Waals surface area contributed by atoms with Crippen LogP contribution in [0.25, 0.3) is 0 Å². The normalized spacial score (nSPS) is 13.3. The zero-order chi connectivity index (χ0) is 12.8. The Balaban J connectivity index is 2.59. The standard InChI is InChI=1S/C15H28N2/c1-5-6-14(16)9-10-17-13(4)7-8-15(17)11-12(2)3/h7-8,12,14H,5-6,9-11,16H2,1-4H3. The smallest absolute Gasteiger partial charge is 0.0239 e. The third-order valence-electron chi connectivity index (χ3n) is 3.29. The van der Waals surface area contributed by atoms with Crippen molar-refractivity contribution in [3.8, 4) is 0 Å². The summed E-state index contributed by atoms with van der Waals surface area (Å²) >= 11 is 0. The Labute approximate surface area is 106 Å². The molecular formula is C15H28N2. The van der Waals surface area contributed by atoms with Crippen molar-refractivity contribution in [1.29, 1.82) is 0 Å². The van der Waals surface area contributed by atoms with Gasteiger partial charge in [-0.3, -0.25) is 0 Å². The molecule has 0 aromatic carbocycles. The molecule has 0 bridgehead atoms. The predicted molar refractivity (Wildman–Crippen MR) is 75.2 cm³/mol. The number of hydrogen-bond acceptors (Lipinski definition) is 1. The molecule has 0 aliphatic heterocycles. The van der Waals surface area contributed by atoms with Crippen molar-refractivity contribution in [1.82, 2.24) is 4.57 Å². The molecule has 0 radical (unpaired) electrons. The van der Waals surface area contributed by atoms with Crippen LogP contribution < -0.4 is 5.73 Å². The summed E-state index contributed by atoms with van der Waals surface area (Å²) in [5.74, 6) is 0.715. The fourth-order valence-electron chi connectivity index (χ4n) is 2.35.